The predicted molar refractivity (Wildman–Crippen MR) is 76.6 cm³/mol. The number of anilines is 1. The maximum absolute atomic E-state index is 4.68. The molecule has 0 radical (unpaired) electrons. The van der Waals surface area contributed by atoms with E-state index < -0.39 is 0 Å². The number of fused-ring (bicyclic) bond motifs is 1. The van der Waals surface area contributed by atoms with Gasteiger partial charge in [0, 0.05) is 25.3 Å². The lowest BCUT2D eigenvalue weighted by Gasteiger charge is -2.22. The second kappa shape index (κ2) is 5.17. The van der Waals surface area contributed by atoms with Crippen LogP contribution in [0.15, 0.2) is 18.3 Å². The molecule has 1 fully saturated rings. The standard InChI is InChI=1S/C14H21N5/c1-3-18(10-12-7-4-8-15-12)14-16-13-11(2)6-5-9-19(13)17-14/h5-6,9,12,15H,3-4,7-8,10H2,1-2H3. The Morgan fingerprint density at radius 1 is 1.53 bits per heavy atom. The number of nitrogens with zero attached hydrogens (tertiary/aromatic N) is 4. The third-order valence-electron chi connectivity index (χ3n) is 3.81. The minimum absolute atomic E-state index is 0.577. The molecule has 19 heavy (non-hydrogen) atoms. The number of hydrogen-bond donors (Lipinski definition) is 1. The molecule has 1 N–H and O–H groups in total. The van der Waals surface area contributed by atoms with Gasteiger partial charge < -0.3 is 10.2 Å². The third-order valence-corrected chi connectivity index (χ3v) is 3.81. The van der Waals surface area contributed by atoms with Gasteiger partial charge in [-0.3, -0.25) is 0 Å². The van der Waals surface area contributed by atoms with Crippen molar-refractivity contribution in [3.8, 4) is 0 Å². The molecular formula is C14H21N5. The van der Waals surface area contributed by atoms with Crippen molar-refractivity contribution < 1.29 is 0 Å². The zero-order valence-corrected chi connectivity index (χ0v) is 11.6. The Morgan fingerprint density at radius 3 is 3.11 bits per heavy atom. The highest BCUT2D eigenvalue weighted by molar-refractivity contribution is 5.50. The Kier molecular flexibility index (Phi) is 3.38. The van der Waals surface area contributed by atoms with E-state index in [1.165, 1.54) is 12.8 Å². The van der Waals surface area contributed by atoms with Gasteiger partial charge in [-0.25, -0.2) is 4.52 Å². The largest absolute Gasteiger partial charge is 0.338 e. The fourth-order valence-corrected chi connectivity index (χ4v) is 2.69. The van der Waals surface area contributed by atoms with Crippen LogP contribution >= 0.6 is 0 Å². The topological polar surface area (TPSA) is 45.5 Å². The van der Waals surface area contributed by atoms with Gasteiger partial charge in [0.1, 0.15) is 0 Å². The summed E-state index contributed by atoms with van der Waals surface area (Å²) in [6.45, 7) is 7.30. The summed E-state index contributed by atoms with van der Waals surface area (Å²) < 4.78 is 1.87. The Bertz CT molecular complexity index is 556. The molecule has 0 bridgehead atoms. The zero-order valence-electron chi connectivity index (χ0n) is 11.6. The normalized spacial score (nSPS) is 19.2. The van der Waals surface area contributed by atoms with Crippen LogP contribution in [-0.2, 0) is 0 Å². The first-order valence-corrected chi connectivity index (χ1v) is 7.08. The summed E-state index contributed by atoms with van der Waals surface area (Å²) in [5.41, 5.74) is 2.12. The summed E-state index contributed by atoms with van der Waals surface area (Å²) in [6.07, 6.45) is 4.49. The SMILES string of the molecule is CCN(CC1CCCN1)c1nc2c(C)cccn2n1. The molecule has 0 amide bonds. The van der Waals surface area contributed by atoms with Crippen LogP contribution in [-0.4, -0.2) is 40.3 Å². The quantitative estimate of drug-likeness (QED) is 0.906. The van der Waals surface area contributed by atoms with Gasteiger partial charge in [-0.15, -0.1) is 5.10 Å². The predicted octanol–water partition coefficient (Wildman–Crippen LogP) is 1.62. The van der Waals surface area contributed by atoms with E-state index in [1.807, 2.05) is 16.8 Å². The minimum atomic E-state index is 0.577. The van der Waals surface area contributed by atoms with E-state index in [9.17, 15) is 0 Å². The molecule has 1 aliphatic heterocycles. The van der Waals surface area contributed by atoms with Crippen LogP contribution in [0, 0.1) is 6.92 Å². The average Bonchev–Trinajstić information content (AvgIpc) is 3.05. The lowest BCUT2D eigenvalue weighted by atomic mass is 10.2. The first kappa shape index (κ1) is 12.4. The van der Waals surface area contributed by atoms with Crippen molar-refractivity contribution in [3.05, 3.63) is 23.9 Å². The highest BCUT2D eigenvalue weighted by atomic mass is 15.4. The number of aryl methyl sites for hydroxylation is 1. The highest BCUT2D eigenvalue weighted by Crippen LogP contribution is 2.15. The maximum atomic E-state index is 4.68. The number of pyridine rings is 1. The molecule has 3 heterocycles. The van der Waals surface area contributed by atoms with E-state index in [4.69, 9.17) is 0 Å². The Morgan fingerprint density at radius 2 is 2.42 bits per heavy atom. The summed E-state index contributed by atoms with van der Waals surface area (Å²) in [6, 6.07) is 4.66. The number of likely N-dealkylation sites (N-methyl/N-ethyl adjacent to an activating group) is 1. The van der Waals surface area contributed by atoms with Gasteiger partial charge in [-0.05, 0) is 44.9 Å². The third kappa shape index (κ3) is 2.42. The van der Waals surface area contributed by atoms with Crippen molar-refractivity contribution >= 4 is 11.6 Å². The van der Waals surface area contributed by atoms with Crippen molar-refractivity contribution in [1.82, 2.24) is 19.9 Å². The van der Waals surface area contributed by atoms with E-state index in [2.05, 4.69) is 40.2 Å². The first-order chi connectivity index (χ1) is 9.28. The van der Waals surface area contributed by atoms with Crippen LogP contribution in [0.2, 0.25) is 0 Å². The fourth-order valence-electron chi connectivity index (χ4n) is 2.69. The molecule has 2 aromatic heterocycles. The molecule has 1 atom stereocenters. The summed E-state index contributed by atoms with van der Waals surface area (Å²) in [4.78, 5) is 6.93. The van der Waals surface area contributed by atoms with Gasteiger partial charge in [-0.1, -0.05) is 6.07 Å². The molecule has 102 valence electrons. The molecule has 5 nitrogen and oxygen atoms in total. The van der Waals surface area contributed by atoms with Gasteiger partial charge in [0.15, 0.2) is 5.65 Å². The van der Waals surface area contributed by atoms with E-state index >= 15 is 0 Å². The smallest absolute Gasteiger partial charge is 0.245 e. The highest BCUT2D eigenvalue weighted by Gasteiger charge is 2.19. The second-order valence-electron chi connectivity index (χ2n) is 5.20. The zero-order chi connectivity index (χ0) is 13.2. The van der Waals surface area contributed by atoms with E-state index in [-0.39, 0.29) is 0 Å². The molecular weight excluding hydrogens is 238 g/mol. The van der Waals surface area contributed by atoms with E-state index in [0.717, 1.165) is 36.8 Å². The summed E-state index contributed by atoms with van der Waals surface area (Å²) >= 11 is 0. The lowest BCUT2D eigenvalue weighted by Crippen LogP contribution is -2.38. The van der Waals surface area contributed by atoms with Crippen LogP contribution in [0.25, 0.3) is 5.65 Å². The van der Waals surface area contributed by atoms with Crippen molar-refractivity contribution in [2.75, 3.05) is 24.5 Å². The molecule has 1 aliphatic rings. The van der Waals surface area contributed by atoms with Crippen molar-refractivity contribution in [2.45, 2.75) is 32.7 Å². The van der Waals surface area contributed by atoms with Crippen molar-refractivity contribution in [1.29, 1.82) is 0 Å². The van der Waals surface area contributed by atoms with E-state index in [1.54, 1.807) is 0 Å². The number of rotatable bonds is 4. The first-order valence-electron chi connectivity index (χ1n) is 7.08. The lowest BCUT2D eigenvalue weighted by molar-refractivity contribution is 0.580. The van der Waals surface area contributed by atoms with E-state index in [0.29, 0.717) is 6.04 Å². The Hall–Kier alpha value is -1.62. The number of aromatic nitrogens is 3. The summed E-state index contributed by atoms with van der Waals surface area (Å²) in [7, 11) is 0. The molecule has 0 aliphatic carbocycles. The maximum Gasteiger partial charge on any atom is 0.245 e. The van der Waals surface area contributed by atoms with Crippen molar-refractivity contribution in [3.63, 3.8) is 0 Å². The molecule has 1 saturated heterocycles. The molecule has 0 spiro atoms. The molecule has 1 unspecified atom stereocenters. The monoisotopic (exact) mass is 259 g/mol. The van der Waals surface area contributed by atoms with Crippen LogP contribution < -0.4 is 10.2 Å². The Labute approximate surface area is 113 Å². The number of hydrogen-bond acceptors (Lipinski definition) is 4. The minimum Gasteiger partial charge on any atom is -0.338 e. The summed E-state index contributed by atoms with van der Waals surface area (Å²) in [5.74, 6) is 0.838. The molecule has 3 rings (SSSR count). The van der Waals surface area contributed by atoms with Crippen LogP contribution in [0.4, 0.5) is 5.95 Å². The van der Waals surface area contributed by atoms with Crippen LogP contribution in [0.1, 0.15) is 25.3 Å². The van der Waals surface area contributed by atoms with Gasteiger partial charge >= 0.3 is 0 Å². The van der Waals surface area contributed by atoms with Crippen LogP contribution in [0.5, 0.6) is 0 Å². The van der Waals surface area contributed by atoms with Gasteiger partial charge in [0.05, 0.1) is 0 Å². The van der Waals surface area contributed by atoms with Crippen LogP contribution in [0.3, 0.4) is 0 Å². The van der Waals surface area contributed by atoms with Crippen molar-refractivity contribution in [2.24, 2.45) is 0 Å². The molecule has 0 aromatic carbocycles. The molecule has 5 heteroatoms. The fraction of sp³-hybridized carbons (Fsp3) is 0.571. The van der Waals surface area contributed by atoms with Gasteiger partial charge in [0.25, 0.3) is 0 Å². The Balaban J connectivity index is 1.86. The number of nitrogens with one attached hydrogen (secondary N) is 1. The van der Waals surface area contributed by atoms with Gasteiger partial charge in [0.2, 0.25) is 5.95 Å². The second-order valence-corrected chi connectivity index (χ2v) is 5.20. The average molecular weight is 259 g/mol. The van der Waals surface area contributed by atoms with Gasteiger partial charge in [-0.2, -0.15) is 4.98 Å². The molecule has 0 saturated carbocycles. The molecule has 2 aromatic rings. The summed E-state index contributed by atoms with van der Waals surface area (Å²) in [5, 5.41) is 8.12.